The van der Waals surface area contributed by atoms with Crippen molar-refractivity contribution in [2.75, 3.05) is 13.2 Å². The van der Waals surface area contributed by atoms with Crippen molar-refractivity contribution in [3.8, 4) is 0 Å². The Hall–Kier alpha value is -1.62. The zero-order valence-electron chi connectivity index (χ0n) is 18.7. The van der Waals surface area contributed by atoms with Gasteiger partial charge in [0.1, 0.15) is 0 Å². The van der Waals surface area contributed by atoms with Crippen molar-refractivity contribution in [2.45, 2.75) is 62.3 Å². The zero-order chi connectivity index (χ0) is 22.4. The largest absolute Gasteiger partial charge is 0.377 e. The lowest BCUT2D eigenvalue weighted by Gasteiger charge is -2.13. The maximum atomic E-state index is 14.6. The quantitative estimate of drug-likeness (QED) is 0.213. The summed E-state index contributed by atoms with van der Waals surface area (Å²) >= 11 is 0. The van der Waals surface area contributed by atoms with E-state index in [4.69, 9.17) is 4.74 Å². The lowest BCUT2D eigenvalue weighted by atomic mass is 9.97. The van der Waals surface area contributed by atoms with E-state index in [0.29, 0.717) is 0 Å². The summed E-state index contributed by atoms with van der Waals surface area (Å²) in [6.07, 6.45) is 4.61. The Morgan fingerprint density at radius 2 is 1.43 bits per heavy atom. The summed E-state index contributed by atoms with van der Waals surface area (Å²) in [4.78, 5) is 0. The van der Waals surface area contributed by atoms with Crippen molar-refractivity contribution >= 4 is 0 Å². The van der Waals surface area contributed by atoms with Crippen LogP contribution in [0.25, 0.3) is 0 Å². The minimum Gasteiger partial charge on any atom is -0.377 e. The molecule has 1 nitrogen and oxygen atoms in total. The molecular formula is C23H36F4O. The molecule has 0 aromatic heterocycles. The summed E-state index contributed by atoms with van der Waals surface area (Å²) in [6.45, 7) is 15.3. The molecular weight excluding hydrogens is 368 g/mol. The van der Waals surface area contributed by atoms with Crippen molar-refractivity contribution in [3.05, 3.63) is 58.3 Å². The van der Waals surface area contributed by atoms with E-state index < -0.39 is 23.3 Å². The highest BCUT2D eigenvalue weighted by Crippen LogP contribution is 2.32. The normalized spacial score (nSPS) is 16.3. The lowest BCUT2D eigenvalue weighted by Crippen LogP contribution is -2.05. The highest BCUT2D eigenvalue weighted by Gasteiger charge is 2.21. The minimum atomic E-state index is -1.24. The first kappa shape index (κ1) is 28.6. The third kappa shape index (κ3) is 9.54. The van der Waals surface area contributed by atoms with Crippen LogP contribution in [0.5, 0.6) is 0 Å². The molecule has 0 aliphatic heterocycles. The fourth-order valence-corrected chi connectivity index (χ4v) is 2.01. The molecule has 0 saturated heterocycles. The predicted octanol–water partition coefficient (Wildman–Crippen LogP) is 8.48. The summed E-state index contributed by atoms with van der Waals surface area (Å²) in [5, 5.41) is 0. The van der Waals surface area contributed by atoms with Crippen LogP contribution in [0.4, 0.5) is 17.6 Å². The van der Waals surface area contributed by atoms with Crippen molar-refractivity contribution in [2.24, 2.45) is 11.8 Å². The van der Waals surface area contributed by atoms with Crippen LogP contribution in [0.3, 0.4) is 0 Å². The number of hydrogen-bond acceptors (Lipinski definition) is 1. The average molecular weight is 405 g/mol. The molecule has 1 atom stereocenters. The van der Waals surface area contributed by atoms with Gasteiger partial charge in [0.25, 0.3) is 0 Å². The second-order valence-electron chi connectivity index (χ2n) is 6.42. The van der Waals surface area contributed by atoms with Crippen LogP contribution in [0.15, 0.2) is 58.3 Å². The third-order valence-corrected chi connectivity index (χ3v) is 3.97. The van der Waals surface area contributed by atoms with Gasteiger partial charge < -0.3 is 4.74 Å². The highest BCUT2D eigenvalue weighted by atomic mass is 19.2. The number of rotatable bonds is 9. The van der Waals surface area contributed by atoms with Gasteiger partial charge in [-0.15, -0.1) is 0 Å². The van der Waals surface area contributed by atoms with E-state index in [1.165, 1.54) is 20.8 Å². The number of allylic oxidation sites excluding steroid dienone is 8. The molecule has 0 amide bonds. The van der Waals surface area contributed by atoms with E-state index in [1.54, 1.807) is 19.9 Å². The maximum absolute atomic E-state index is 14.6. The molecule has 0 spiro atoms. The second kappa shape index (κ2) is 15.3. The molecule has 0 N–H and O–H groups in total. The lowest BCUT2D eigenvalue weighted by molar-refractivity contribution is 0.170. The monoisotopic (exact) mass is 404 g/mol. The molecule has 28 heavy (non-hydrogen) atoms. The van der Waals surface area contributed by atoms with Crippen LogP contribution in [0.1, 0.15) is 62.3 Å². The molecule has 0 radical (unpaired) electrons. The van der Waals surface area contributed by atoms with Crippen molar-refractivity contribution in [1.29, 1.82) is 0 Å². The second-order valence-corrected chi connectivity index (χ2v) is 6.42. The first-order valence-electron chi connectivity index (χ1n) is 9.78. The summed E-state index contributed by atoms with van der Waals surface area (Å²) in [5.74, 6) is -4.69. The molecule has 0 saturated carbocycles. The first-order valence-corrected chi connectivity index (χ1v) is 9.78. The predicted molar refractivity (Wildman–Crippen MR) is 112 cm³/mol. The molecule has 162 valence electrons. The van der Waals surface area contributed by atoms with Gasteiger partial charge in [-0.2, -0.15) is 0 Å². The van der Waals surface area contributed by atoms with E-state index in [0.717, 1.165) is 6.08 Å². The fraction of sp³-hybridized carbons (Fsp3) is 0.565. The Morgan fingerprint density at radius 1 is 0.893 bits per heavy atom. The Labute approximate surface area is 168 Å². The molecule has 0 aromatic rings. The van der Waals surface area contributed by atoms with Gasteiger partial charge in [-0.3, -0.25) is 0 Å². The first-order chi connectivity index (χ1) is 13.1. The average Bonchev–Trinajstić information content (AvgIpc) is 2.70. The maximum Gasteiger partial charge on any atom is 0.164 e. The number of ether oxygens (including phenoxy) is 1. The Bertz CT molecular complexity index is 623. The third-order valence-electron chi connectivity index (χ3n) is 3.97. The number of halogens is 4. The van der Waals surface area contributed by atoms with E-state index >= 15 is 0 Å². The minimum absolute atomic E-state index is 0.182. The Kier molecular flexibility index (Phi) is 15.6. The van der Waals surface area contributed by atoms with E-state index in [1.807, 2.05) is 33.8 Å². The molecule has 0 aliphatic carbocycles. The molecule has 5 heteroatoms. The Morgan fingerprint density at radius 3 is 1.86 bits per heavy atom. The fourth-order valence-electron chi connectivity index (χ4n) is 2.01. The zero-order valence-corrected chi connectivity index (χ0v) is 18.7. The van der Waals surface area contributed by atoms with Gasteiger partial charge in [0.05, 0.1) is 6.61 Å². The summed E-state index contributed by atoms with van der Waals surface area (Å²) in [7, 11) is 0. The molecule has 0 heterocycles. The van der Waals surface area contributed by atoms with Crippen LogP contribution in [-0.4, -0.2) is 13.2 Å². The molecule has 0 bridgehead atoms. The molecule has 0 rings (SSSR count). The van der Waals surface area contributed by atoms with Crippen molar-refractivity contribution in [1.82, 2.24) is 0 Å². The van der Waals surface area contributed by atoms with Crippen LogP contribution >= 0.6 is 0 Å². The van der Waals surface area contributed by atoms with Gasteiger partial charge in [-0.25, -0.2) is 17.6 Å². The van der Waals surface area contributed by atoms with Crippen LogP contribution < -0.4 is 0 Å². The summed E-state index contributed by atoms with van der Waals surface area (Å²) < 4.78 is 62.1. The van der Waals surface area contributed by atoms with Crippen molar-refractivity contribution in [3.63, 3.8) is 0 Å². The van der Waals surface area contributed by atoms with Crippen LogP contribution in [0, 0.1) is 11.8 Å². The molecule has 0 aliphatic rings. The summed E-state index contributed by atoms with van der Waals surface area (Å²) in [5.41, 5.74) is -0.473. The van der Waals surface area contributed by atoms with Crippen LogP contribution in [-0.2, 0) is 4.74 Å². The smallest absolute Gasteiger partial charge is 0.164 e. The van der Waals surface area contributed by atoms with Gasteiger partial charge in [0.2, 0.25) is 0 Å². The van der Waals surface area contributed by atoms with Gasteiger partial charge in [-0.1, -0.05) is 46.8 Å². The molecule has 0 aromatic carbocycles. The van der Waals surface area contributed by atoms with Crippen molar-refractivity contribution < 1.29 is 22.3 Å². The van der Waals surface area contributed by atoms with Gasteiger partial charge >= 0.3 is 0 Å². The standard InChI is InChI=1S/C21H30F4O.C2H6/c1-8-18(22)21(25)17(12-26-9-2)16(7)20(24)19(23)15(6)14(5)11-10-13(3)4;1-2/h8,10-11,13-14H,9,12H2,1-7H3;1-2H3/b11-10-,18-8+,19-15-,20-16-,21-17-;. The highest BCUT2D eigenvalue weighted by molar-refractivity contribution is 5.44. The van der Waals surface area contributed by atoms with Crippen LogP contribution in [0.2, 0.25) is 0 Å². The molecule has 0 fully saturated rings. The SMILES string of the molecule is CC.C\C=C(F)/C(F)=C(COCC)/C(C)=C(F)/C(F)=C(\C)C(C)/C=C\C(C)C. The van der Waals surface area contributed by atoms with Gasteiger partial charge in [-0.05, 0) is 56.8 Å². The number of hydrogen-bond donors (Lipinski definition) is 0. The topological polar surface area (TPSA) is 9.23 Å². The van der Waals surface area contributed by atoms with E-state index in [9.17, 15) is 17.6 Å². The summed E-state index contributed by atoms with van der Waals surface area (Å²) in [6, 6.07) is 0. The van der Waals surface area contributed by atoms with E-state index in [2.05, 4.69) is 0 Å². The van der Waals surface area contributed by atoms with Gasteiger partial charge in [0.15, 0.2) is 23.3 Å². The van der Waals surface area contributed by atoms with E-state index in [-0.39, 0.29) is 41.8 Å². The molecule has 1 unspecified atom stereocenters. The van der Waals surface area contributed by atoms with Gasteiger partial charge in [0, 0.05) is 12.2 Å². The Balaban J connectivity index is 0.